The molecule has 0 aliphatic carbocycles. The summed E-state index contributed by atoms with van der Waals surface area (Å²) in [6, 6.07) is 9.05. The molecule has 0 bridgehead atoms. The van der Waals surface area contributed by atoms with E-state index in [2.05, 4.69) is 20.2 Å². The highest BCUT2D eigenvalue weighted by Crippen LogP contribution is 2.28. The number of carboxylic acids is 1. The van der Waals surface area contributed by atoms with E-state index < -0.39 is 5.97 Å². The van der Waals surface area contributed by atoms with Gasteiger partial charge >= 0.3 is 5.97 Å². The summed E-state index contributed by atoms with van der Waals surface area (Å²) in [7, 11) is 0. The lowest BCUT2D eigenvalue weighted by Crippen LogP contribution is -1.95. The highest BCUT2D eigenvalue weighted by Gasteiger charge is 2.13. The van der Waals surface area contributed by atoms with Crippen molar-refractivity contribution in [1.29, 1.82) is 0 Å². The second kappa shape index (κ2) is 4.41. The van der Waals surface area contributed by atoms with Crippen molar-refractivity contribution in [3.05, 3.63) is 48.4 Å². The van der Waals surface area contributed by atoms with Gasteiger partial charge in [-0.15, -0.1) is 0 Å². The molecule has 3 aromatic rings. The maximum atomic E-state index is 10.9. The number of rotatable bonds is 3. The molecule has 6 nitrogen and oxygen atoms in total. The summed E-state index contributed by atoms with van der Waals surface area (Å²) in [5.74, 6) is -0.315. The zero-order chi connectivity index (χ0) is 13.2. The minimum absolute atomic E-state index is 0.0595. The number of H-pyrrole nitrogens is 2. The quantitative estimate of drug-likeness (QED) is 0.667. The van der Waals surface area contributed by atoms with E-state index in [9.17, 15) is 4.79 Å². The first-order valence-electron chi connectivity index (χ1n) is 5.63. The van der Waals surface area contributed by atoms with Gasteiger partial charge in [0.05, 0.1) is 5.69 Å². The summed E-state index contributed by atoms with van der Waals surface area (Å²) in [4.78, 5) is 18.1. The number of aromatic carboxylic acids is 1. The van der Waals surface area contributed by atoms with Crippen molar-refractivity contribution in [3.8, 4) is 22.6 Å². The van der Waals surface area contributed by atoms with Gasteiger partial charge in [0.25, 0.3) is 0 Å². The van der Waals surface area contributed by atoms with Crippen LogP contribution >= 0.6 is 0 Å². The molecule has 2 heterocycles. The number of carbonyl (C=O) groups is 1. The molecule has 1 aromatic carbocycles. The number of hydrogen-bond donors (Lipinski definition) is 3. The van der Waals surface area contributed by atoms with Crippen molar-refractivity contribution in [3.63, 3.8) is 0 Å². The SMILES string of the molecule is O=C(O)c1cc(-c2ccccc2-c2ncc[nH]2)n[nH]1. The van der Waals surface area contributed by atoms with Crippen molar-refractivity contribution in [2.75, 3.05) is 0 Å². The third-order valence-corrected chi connectivity index (χ3v) is 2.76. The van der Waals surface area contributed by atoms with Crippen LogP contribution < -0.4 is 0 Å². The van der Waals surface area contributed by atoms with Crippen LogP contribution in [-0.4, -0.2) is 31.2 Å². The molecule has 0 aliphatic rings. The lowest BCUT2D eigenvalue weighted by molar-refractivity contribution is 0.0690. The zero-order valence-electron chi connectivity index (χ0n) is 9.79. The Balaban J connectivity index is 2.12. The van der Waals surface area contributed by atoms with Gasteiger partial charge in [0.2, 0.25) is 0 Å². The van der Waals surface area contributed by atoms with Crippen LogP contribution in [0.5, 0.6) is 0 Å². The molecule has 0 spiro atoms. The van der Waals surface area contributed by atoms with Crippen molar-refractivity contribution >= 4 is 5.97 Å². The largest absolute Gasteiger partial charge is 0.477 e. The predicted octanol–water partition coefficient (Wildman–Crippen LogP) is 2.16. The smallest absolute Gasteiger partial charge is 0.353 e. The number of nitrogens with one attached hydrogen (secondary N) is 2. The first kappa shape index (κ1) is 11.2. The summed E-state index contributed by atoms with van der Waals surface area (Å²) < 4.78 is 0. The van der Waals surface area contributed by atoms with Crippen molar-refractivity contribution in [1.82, 2.24) is 20.2 Å². The van der Waals surface area contributed by atoms with Gasteiger partial charge in [0, 0.05) is 23.5 Å². The number of benzene rings is 1. The van der Waals surface area contributed by atoms with E-state index in [1.54, 1.807) is 12.4 Å². The molecule has 0 saturated carbocycles. The zero-order valence-corrected chi connectivity index (χ0v) is 9.79. The minimum Gasteiger partial charge on any atom is -0.477 e. The number of nitrogens with zero attached hydrogens (tertiary/aromatic N) is 2. The lowest BCUT2D eigenvalue weighted by atomic mass is 10.0. The van der Waals surface area contributed by atoms with Crippen LogP contribution in [0.2, 0.25) is 0 Å². The van der Waals surface area contributed by atoms with Gasteiger partial charge in [-0.25, -0.2) is 9.78 Å². The summed E-state index contributed by atoms with van der Waals surface area (Å²) >= 11 is 0. The molecule has 0 radical (unpaired) electrons. The van der Waals surface area contributed by atoms with Gasteiger partial charge in [0.15, 0.2) is 0 Å². The molecule has 2 aromatic heterocycles. The van der Waals surface area contributed by atoms with Gasteiger partial charge in [-0.2, -0.15) is 5.10 Å². The molecule has 6 heteroatoms. The first-order valence-corrected chi connectivity index (χ1v) is 5.63. The van der Waals surface area contributed by atoms with Crippen LogP contribution in [0.15, 0.2) is 42.7 Å². The second-order valence-electron chi connectivity index (χ2n) is 3.96. The molecule has 0 fully saturated rings. The monoisotopic (exact) mass is 254 g/mol. The molecule has 0 amide bonds. The van der Waals surface area contributed by atoms with E-state index in [1.807, 2.05) is 24.3 Å². The molecule has 0 saturated heterocycles. The van der Waals surface area contributed by atoms with Crippen LogP contribution in [0.1, 0.15) is 10.5 Å². The Hall–Kier alpha value is -2.89. The fourth-order valence-corrected chi connectivity index (χ4v) is 1.89. The summed E-state index contributed by atoms with van der Waals surface area (Å²) in [6.07, 6.45) is 3.40. The Bertz CT molecular complexity index is 716. The number of hydrogen-bond acceptors (Lipinski definition) is 3. The number of imidazole rings is 1. The second-order valence-corrected chi connectivity index (χ2v) is 3.96. The highest BCUT2D eigenvalue weighted by molar-refractivity contribution is 5.88. The first-order chi connectivity index (χ1) is 9.25. The van der Waals surface area contributed by atoms with Gasteiger partial charge < -0.3 is 10.1 Å². The Labute approximate surface area is 108 Å². The Morgan fingerprint density at radius 1 is 1.21 bits per heavy atom. The van der Waals surface area contributed by atoms with E-state index in [0.29, 0.717) is 5.69 Å². The van der Waals surface area contributed by atoms with Crippen LogP contribution in [0.3, 0.4) is 0 Å². The fraction of sp³-hybridized carbons (Fsp3) is 0. The molecule has 94 valence electrons. The van der Waals surface area contributed by atoms with Gasteiger partial charge in [-0.3, -0.25) is 5.10 Å². The maximum absolute atomic E-state index is 10.9. The topological polar surface area (TPSA) is 94.7 Å². The molecule has 3 rings (SSSR count). The normalized spacial score (nSPS) is 10.5. The number of aromatic nitrogens is 4. The molecule has 0 atom stereocenters. The third-order valence-electron chi connectivity index (χ3n) is 2.76. The van der Waals surface area contributed by atoms with Crippen LogP contribution in [0.25, 0.3) is 22.6 Å². The standard InChI is InChI=1S/C13H10N4O2/c18-13(19)11-7-10(16-17-11)8-3-1-2-4-9(8)12-14-5-6-15-12/h1-7H,(H,14,15)(H,16,17)(H,18,19). The van der Waals surface area contributed by atoms with Crippen LogP contribution in [-0.2, 0) is 0 Å². The Morgan fingerprint density at radius 2 is 2.00 bits per heavy atom. The summed E-state index contributed by atoms with van der Waals surface area (Å²) in [5, 5.41) is 15.4. The maximum Gasteiger partial charge on any atom is 0.353 e. The van der Waals surface area contributed by atoms with E-state index in [-0.39, 0.29) is 5.69 Å². The van der Waals surface area contributed by atoms with Gasteiger partial charge in [0.1, 0.15) is 11.5 Å². The Morgan fingerprint density at radius 3 is 2.63 bits per heavy atom. The predicted molar refractivity (Wildman–Crippen MR) is 68.6 cm³/mol. The molecular formula is C13H10N4O2. The van der Waals surface area contributed by atoms with Crippen LogP contribution in [0.4, 0.5) is 0 Å². The molecule has 3 N–H and O–H groups in total. The lowest BCUT2D eigenvalue weighted by Gasteiger charge is -2.03. The van der Waals surface area contributed by atoms with Gasteiger partial charge in [-0.05, 0) is 6.07 Å². The third kappa shape index (κ3) is 1.99. The highest BCUT2D eigenvalue weighted by atomic mass is 16.4. The average Bonchev–Trinajstić information content (AvgIpc) is 3.10. The molecule has 0 unspecified atom stereocenters. The number of carboxylic acid groups (broad SMARTS) is 1. The minimum atomic E-state index is -1.03. The number of aromatic amines is 2. The van der Waals surface area contributed by atoms with E-state index in [1.165, 1.54) is 6.07 Å². The fourth-order valence-electron chi connectivity index (χ4n) is 1.89. The van der Waals surface area contributed by atoms with E-state index in [0.717, 1.165) is 17.0 Å². The van der Waals surface area contributed by atoms with E-state index in [4.69, 9.17) is 5.11 Å². The van der Waals surface area contributed by atoms with Crippen molar-refractivity contribution in [2.24, 2.45) is 0 Å². The molecular weight excluding hydrogens is 244 g/mol. The van der Waals surface area contributed by atoms with Crippen molar-refractivity contribution < 1.29 is 9.90 Å². The summed E-state index contributed by atoms with van der Waals surface area (Å²) in [5.41, 5.74) is 2.32. The van der Waals surface area contributed by atoms with Crippen molar-refractivity contribution in [2.45, 2.75) is 0 Å². The Kier molecular flexibility index (Phi) is 2.60. The van der Waals surface area contributed by atoms with Crippen LogP contribution in [0, 0.1) is 0 Å². The molecule has 0 aliphatic heterocycles. The molecule has 19 heavy (non-hydrogen) atoms. The van der Waals surface area contributed by atoms with Gasteiger partial charge in [-0.1, -0.05) is 24.3 Å². The summed E-state index contributed by atoms with van der Waals surface area (Å²) in [6.45, 7) is 0. The van der Waals surface area contributed by atoms with E-state index >= 15 is 0 Å². The average molecular weight is 254 g/mol.